The summed E-state index contributed by atoms with van der Waals surface area (Å²) in [6, 6.07) is 0. The van der Waals surface area contributed by atoms with Crippen LogP contribution in [0.3, 0.4) is 0 Å². The second-order valence-corrected chi connectivity index (χ2v) is 21.2. The minimum Gasteiger partial charge on any atom is -0.462 e. The van der Waals surface area contributed by atoms with Crippen molar-refractivity contribution in [1.82, 2.24) is 0 Å². The summed E-state index contributed by atoms with van der Waals surface area (Å²) >= 11 is 0. The number of carbonyl (C=O) groups excluding carboxylic acids is 3. The Bertz CT molecular complexity index is 1640. The molecule has 0 amide bonds. The van der Waals surface area contributed by atoms with Gasteiger partial charge in [0.15, 0.2) is 6.10 Å². The van der Waals surface area contributed by atoms with Gasteiger partial charge in [-0.15, -0.1) is 0 Å². The van der Waals surface area contributed by atoms with Gasteiger partial charge in [0.1, 0.15) is 12.7 Å². The normalized spacial score (nSPS) is 14.0. The van der Waals surface area contributed by atoms with Gasteiger partial charge in [0.2, 0.25) is 0 Å². The molecule has 0 fully saturated rings. The van der Waals surface area contributed by atoms with Crippen LogP contribution in [-0.4, -0.2) is 66.5 Å². The summed E-state index contributed by atoms with van der Waals surface area (Å²) in [5, 5.41) is 9.83. The third kappa shape index (κ3) is 55.2. The number of rotatable bonds is 55. The van der Waals surface area contributed by atoms with Crippen molar-refractivity contribution in [3.63, 3.8) is 0 Å². The van der Waals surface area contributed by atoms with Crippen molar-refractivity contribution in [3.8, 4) is 0 Å². The molecule has 11 nitrogen and oxygen atoms in total. The average molecular weight is 1090 g/mol. The number of ether oxygens (including phenoxy) is 3. The second-order valence-electron chi connectivity index (χ2n) is 19.8. The van der Waals surface area contributed by atoms with Crippen LogP contribution >= 0.6 is 7.82 Å². The molecule has 0 radical (unpaired) electrons. The van der Waals surface area contributed by atoms with Gasteiger partial charge in [0, 0.05) is 19.3 Å². The Morgan fingerprint density at radius 3 is 1.08 bits per heavy atom. The standard InChI is InChI=1S/C64H109O11P/c1-4-7-10-13-16-19-22-25-28-29-30-31-34-37-40-43-46-49-52-55-64(68)75-61(57-71-62(66)53-50-47-44-41-38-35-32-26-23-20-17-14-11-8-5-2)59-73-76(69,70)72-58-60(56-65)74-63(67)54-51-48-45-42-39-36-33-27-24-21-18-15-12-9-6-3/h8,11,16-21,25-28,32-33,38,41,60-61,65H,4-7,9-10,12-15,22-24,29-31,34-37,39-40,42-59H2,1-3H3,(H,69,70)/b11-8-,19-16-,20-17-,21-18-,28-25-,32-26-,33-27-,41-38-. The maximum absolute atomic E-state index is 12.9. The summed E-state index contributed by atoms with van der Waals surface area (Å²) in [5.74, 6) is -1.54. The minimum absolute atomic E-state index is 0.149. The molecule has 12 heteroatoms. The minimum atomic E-state index is -4.77. The van der Waals surface area contributed by atoms with E-state index in [0.717, 1.165) is 116 Å². The fourth-order valence-electron chi connectivity index (χ4n) is 7.88. The second kappa shape index (κ2) is 57.6. The summed E-state index contributed by atoms with van der Waals surface area (Å²) in [5.41, 5.74) is 0. The predicted octanol–water partition coefficient (Wildman–Crippen LogP) is 18.0. The van der Waals surface area contributed by atoms with E-state index in [1.165, 1.54) is 77.0 Å². The summed E-state index contributed by atoms with van der Waals surface area (Å²) in [7, 11) is -4.77. The molecule has 0 aliphatic heterocycles. The van der Waals surface area contributed by atoms with E-state index in [0.29, 0.717) is 19.3 Å². The molecule has 0 heterocycles. The topological polar surface area (TPSA) is 155 Å². The maximum Gasteiger partial charge on any atom is 0.472 e. The molecule has 2 N–H and O–H groups in total. The molecule has 436 valence electrons. The Balaban J connectivity index is 4.78. The number of hydrogen-bond acceptors (Lipinski definition) is 10. The van der Waals surface area contributed by atoms with Crippen LogP contribution in [0, 0.1) is 0 Å². The van der Waals surface area contributed by atoms with Gasteiger partial charge in [-0.2, -0.15) is 0 Å². The molecule has 0 saturated heterocycles. The quantitative estimate of drug-likeness (QED) is 0.0197. The molecular formula is C64H109O11P. The lowest BCUT2D eigenvalue weighted by atomic mass is 10.1. The van der Waals surface area contributed by atoms with E-state index < -0.39 is 57.8 Å². The van der Waals surface area contributed by atoms with E-state index >= 15 is 0 Å². The van der Waals surface area contributed by atoms with Crippen LogP contribution in [0.5, 0.6) is 0 Å². The molecule has 76 heavy (non-hydrogen) atoms. The lowest BCUT2D eigenvalue weighted by molar-refractivity contribution is -0.161. The molecular weight excluding hydrogens is 976 g/mol. The summed E-state index contributed by atoms with van der Waals surface area (Å²) < 4.78 is 39.5. The van der Waals surface area contributed by atoms with Crippen molar-refractivity contribution in [2.24, 2.45) is 0 Å². The van der Waals surface area contributed by atoms with Gasteiger partial charge in [0.05, 0.1) is 19.8 Å². The largest absolute Gasteiger partial charge is 0.472 e. The number of aliphatic hydroxyl groups excluding tert-OH is 1. The Morgan fingerprint density at radius 1 is 0.382 bits per heavy atom. The van der Waals surface area contributed by atoms with E-state index in [4.69, 9.17) is 23.3 Å². The lowest BCUT2D eigenvalue weighted by Crippen LogP contribution is -2.30. The SMILES string of the molecule is CC/C=C\C/C=C\C/C=C\C/C=C\CCCCC(=O)OCC(COP(=O)(O)OCC(CO)OC(=O)CCCCCCC/C=C\C/C=C\CCCCC)OC(=O)CCCCCCCCCCC/C=C\C/C=C\CCCCC. The van der Waals surface area contributed by atoms with E-state index in [2.05, 4.69) is 118 Å². The van der Waals surface area contributed by atoms with Gasteiger partial charge >= 0.3 is 25.7 Å². The Labute approximate surface area is 463 Å². The van der Waals surface area contributed by atoms with Crippen molar-refractivity contribution in [3.05, 3.63) is 97.2 Å². The Morgan fingerprint density at radius 2 is 0.684 bits per heavy atom. The van der Waals surface area contributed by atoms with E-state index in [9.17, 15) is 28.9 Å². The van der Waals surface area contributed by atoms with Crippen molar-refractivity contribution in [1.29, 1.82) is 0 Å². The third-order valence-corrected chi connectivity index (χ3v) is 13.4. The van der Waals surface area contributed by atoms with Gasteiger partial charge in [0.25, 0.3) is 0 Å². The summed E-state index contributed by atoms with van der Waals surface area (Å²) in [6.45, 7) is 4.42. The first kappa shape index (κ1) is 72.4. The Kier molecular flexibility index (Phi) is 54.8. The zero-order valence-corrected chi connectivity index (χ0v) is 49.1. The molecule has 3 atom stereocenters. The van der Waals surface area contributed by atoms with Crippen molar-refractivity contribution >= 4 is 25.7 Å². The monoisotopic (exact) mass is 1080 g/mol. The first-order valence-corrected chi connectivity index (χ1v) is 31.6. The van der Waals surface area contributed by atoms with Gasteiger partial charge in [-0.1, -0.05) is 208 Å². The van der Waals surface area contributed by atoms with Crippen LogP contribution in [-0.2, 0) is 42.2 Å². The highest BCUT2D eigenvalue weighted by Gasteiger charge is 2.28. The van der Waals surface area contributed by atoms with Crippen molar-refractivity contribution in [2.45, 2.75) is 264 Å². The molecule has 0 aromatic rings. The first-order valence-electron chi connectivity index (χ1n) is 30.1. The molecule has 0 aliphatic carbocycles. The number of unbranched alkanes of at least 4 members (excludes halogenated alkanes) is 22. The number of hydrogen-bond donors (Lipinski definition) is 2. The van der Waals surface area contributed by atoms with Crippen LogP contribution < -0.4 is 0 Å². The highest BCUT2D eigenvalue weighted by atomic mass is 31.2. The van der Waals surface area contributed by atoms with Crippen LogP contribution in [0.4, 0.5) is 0 Å². The van der Waals surface area contributed by atoms with Crippen LogP contribution in [0.2, 0.25) is 0 Å². The van der Waals surface area contributed by atoms with E-state index in [1.54, 1.807) is 0 Å². The summed E-state index contributed by atoms with van der Waals surface area (Å²) in [6.07, 6.45) is 67.9. The highest BCUT2D eigenvalue weighted by molar-refractivity contribution is 7.47. The highest BCUT2D eigenvalue weighted by Crippen LogP contribution is 2.43. The van der Waals surface area contributed by atoms with Crippen LogP contribution in [0.1, 0.15) is 252 Å². The smallest absolute Gasteiger partial charge is 0.462 e. The zero-order chi connectivity index (χ0) is 55.5. The molecule has 0 aromatic carbocycles. The van der Waals surface area contributed by atoms with Gasteiger partial charge in [-0.25, -0.2) is 4.57 Å². The number of esters is 3. The number of phosphoric acid groups is 1. The molecule has 0 aromatic heterocycles. The zero-order valence-electron chi connectivity index (χ0n) is 48.2. The predicted molar refractivity (Wildman–Crippen MR) is 316 cm³/mol. The first-order chi connectivity index (χ1) is 37.2. The third-order valence-electron chi connectivity index (χ3n) is 12.5. The van der Waals surface area contributed by atoms with Crippen LogP contribution in [0.25, 0.3) is 0 Å². The van der Waals surface area contributed by atoms with Gasteiger partial charge in [-0.05, 0) is 122 Å². The number of aliphatic hydroxyl groups is 1. The van der Waals surface area contributed by atoms with Crippen molar-refractivity contribution < 1.29 is 52.2 Å². The number of carbonyl (C=O) groups is 3. The van der Waals surface area contributed by atoms with Crippen LogP contribution in [0.15, 0.2) is 97.2 Å². The van der Waals surface area contributed by atoms with Gasteiger partial charge < -0.3 is 24.2 Å². The molecule has 0 spiro atoms. The van der Waals surface area contributed by atoms with Crippen molar-refractivity contribution in [2.75, 3.05) is 26.4 Å². The molecule has 0 bridgehead atoms. The fourth-order valence-corrected chi connectivity index (χ4v) is 8.66. The Hall–Kier alpha value is -3.60. The lowest BCUT2D eigenvalue weighted by Gasteiger charge is -2.21. The molecule has 3 unspecified atom stereocenters. The fraction of sp³-hybridized carbons (Fsp3) is 0.703. The molecule has 0 rings (SSSR count). The van der Waals surface area contributed by atoms with Gasteiger partial charge in [-0.3, -0.25) is 23.4 Å². The number of allylic oxidation sites excluding steroid dienone is 16. The maximum atomic E-state index is 12.9. The molecule has 0 aliphatic rings. The number of phosphoric ester groups is 1. The van der Waals surface area contributed by atoms with E-state index in [1.807, 2.05) is 0 Å². The molecule has 0 saturated carbocycles. The average Bonchev–Trinajstić information content (AvgIpc) is 3.41. The summed E-state index contributed by atoms with van der Waals surface area (Å²) in [4.78, 5) is 48.6. The van der Waals surface area contributed by atoms with E-state index in [-0.39, 0.29) is 25.9 Å².